The second kappa shape index (κ2) is 11.4. The van der Waals surface area contributed by atoms with Gasteiger partial charge in [-0.05, 0) is 36.4 Å². The van der Waals surface area contributed by atoms with Crippen LogP contribution in [0.15, 0.2) is 109 Å². The number of rotatable bonds is 8. The zero-order valence-corrected chi connectivity index (χ0v) is 24.2. The van der Waals surface area contributed by atoms with Gasteiger partial charge in [0, 0.05) is 39.4 Å². The second-order valence-electron chi connectivity index (χ2n) is 9.06. The van der Waals surface area contributed by atoms with Gasteiger partial charge in [0.2, 0.25) is 0 Å². The first-order valence-electron chi connectivity index (χ1n) is 12.3. The smallest absolute Gasteiger partial charge is 0.295 e. The molecule has 0 fully saturated rings. The summed E-state index contributed by atoms with van der Waals surface area (Å²) in [5.41, 5.74) is 7.59. The van der Waals surface area contributed by atoms with Crippen LogP contribution in [-0.2, 0) is 20.2 Å². The van der Waals surface area contributed by atoms with Gasteiger partial charge in [0.25, 0.3) is 20.2 Å². The first-order valence-corrected chi connectivity index (χ1v) is 15.2. The quantitative estimate of drug-likeness (QED) is 0.0933. The Kier molecular flexibility index (Phi) is 7.81. The number of azo groups is 2. The van der Waals surface area contributed by atoms with Crippen LogP contribution in [0.25, 0.3) is 21.5 Å². The molecule has 0 aliphatic carbocycles. The van der Waals surface area contributed by atoms with E-state index in [1.165, 1.54) is 62.8 Å². The van der Waals surface area contributed by atoms with Crippen LogP contribution in [0.1, 0.15) is 0 Å². The molecule has 5 aromatic rings. The maximum absolute atomic E-state index is 11.8. The zero-order valence-electron chi connectivity index (χ0n) is 22.5. The highest BCUT2D eigenvalue weighted by atomic mass is 32.2. The fraction of sp³-hybridized carbons (Fsp3) is 0.0714. The van der Waals surface area contributed by atoms with Gasteiger partial charge >= 0.3 is 0 Å². The van der Waals surface area contributed by atoms with Gasteiger partial charge in [-0.15, -0.1) is 20.5 Å². The van der Waals surface area contributed by atoms with Gasteiger partial charge in [-0.3, -0.25) is 9.11 Å². The van der Waals surface area contributed by atoms with Crippen LogP contribution in [-0.4, -0.2) is 40.2 Å². The lowest BCUT2D eigenvalue weighted by Gasteiger charge is -2.10. The number of hydrogen-bond acceptors (Lipinski definition) is 11. The van der Waals surface area contributed by atoms with E-state index in [0.717, 1.165) is 0 Å². The molecule has 0 saturated carbocycles. The number of nitrogens with two attached hydrogens (primary N) is 1. The lowest BCUT2D eigenvalue weighted by molar-refractivity contribution is 0.405. The Morgan fingerprint density at radius 1 is 0.581 bits per heavy atom. The van der Waals surface area contributed by atoms with Gasteiger partial charge in [-0.2, -0.15) is 16.8 Å². The number of ether oxygens (including phenoxy) is 2. The number of nitrogen functional groups attached to an aromatic ring is 1. The minimum Gasteiger partial charge on any atom is -0.494 e. The van der Waals surface area contributed by atoms with E-state index >= 15 is 0 Å². The van der Waals surface area contributed by atoms with Crippen LogP contribution in [0.3, 0.4) is 0 Å². The Hall–Kier alpha value is -4.96. The van der Waals surface area contributed by atoms with Crippen molar-refractivity contribution < 1.29 is 35.4 Å². The molecule has 0 bridgehead atoms. The Morgan fingerprint density at radius 2 is 1.09 bits per heavy atom. The molecule has 0 aromatic heterocycles. The molecule has 0 radical (unpaired) electrons. The topological polar surface area (TPSA) is 203 Å². The minimum atomic E-state index is -4.45. The Balaban J connectivity index is 1.53. The predicted octanol–water partition coefficient (Wildman–Crippen LogP) is 6.92. The maximum atomic E-state index is 11.8. The van der Waals surface area contributed by atoms with E-state index < -0.39 is 20.2 Å². The van der Waals surface area contributed by atoms with Crippen molar-refractivity contribution in [1.82, 2.24) is 0 Å². The maximum Gasteiger partial charge on any atom is 0.295 e. The molecule has 43 heavy (non-hydrogen) atoms. The van der Waals surface area contributed by atoms with E-state index in [2.05, 4.69) is 20.5 Å². The molecule has 0 aliphatic rings. The van der Waals surface area contributed by atoms with E-state index in [4.69, 9.17) is 15.2 Å². The van der Waals surface area contributed by atoms with Crippen LogP contribution in [0.2, 0.25) is 0 Å². The van der Waals surface area contributed by atoms with Crippen molar-refractivity contribution in [1.29, 1.82) is 0 Å². The number of methoxy groups -OCH3 is 2. The van der Waals surface area contributed by atoms with Crippen molar-refractivity contribution >= 4 is 70.2 Å². The number of nitrogens with zero attached hydrogens (tertiary/aromatic N) is 4. The summed E-state index contributed by atoms with van der Waals surface area (Å²) >= 11 is 0. The SMILES string of the molecule is COc1cc(N=Nc2ccc(S(=O)(=O)O)c3ccccc23)c(OC)cc1N=Nc1ccc(N)c2cc(S(=O)(=O)O)ccc12. The molecule has 0 heterocycles. The van der Waals surface area contributed by atoms with Crippen LogP contribution in [0.4, 0.5) is 28.4 Å². The molecule has 0 unspecified atom stereocenters. The van der Waals surface area contributed by atoms with E-state index in [1.807, 2.05) is 0 Å². The molecule has 5 aromatic carbocycles. The van der Waals surface area contributed by atoms with E-state index in [9.17, 15) is 25.9 Å². The third-order valence-electron chi connectivity index (χ3n) is 6.45. The van der Waals surface area contributed by atoms with E-state index in [0.29, 0.717) is 27.5 Å². The monoisotopic (exact) mass is 621 g/mol. The third-order valence-corrected chi connectivity index (χ3v) is 8.21. The molecule has 15 heteroatoms. The Bertz CT molecular complexity index is 2180. The summed E-state index contributed by atoms with van der Waals surface area (Å²) < 4.78 is 76.8. The molecule has 0 saturated heterocycles. The van der Waals surface area contributed by atoms with Gasteiger partial charge < -0.3 is 15.2 Å². The van der Waals surface area contributed by atoms with Crippen molar-refractivity contribution in [2.24, 2.45) is 20.5 Å². The van der Waals surface area contributed by atoms with Crippen LogP contribution >= 0.6 is 0 Å². The Morgan fingerprint density at radius 3 is 1.63 bits per heavy atom. The third kappa shape index (κ3) is 6.00. The average Bonchev–Trinajstić information content (AvgIpc) is 2.98. The van der Waals surface area contributed by atoms with E-state index in [-0.39, 0.29) is 43.7 Å². The largest absolute Gasteiger partial charge is 0.494 e. The molecule has 0 atom stereocenters. The lowest BCUT2D eigenvalue weighted by atomic mass is 10.1. The number of hydrogen-bond donors (Lipinski definition) is 3. The summed E-state index contributed by atoms with van der Waals surface area (Å²) in [6, 6.07) is 19.4. The summed E-state index contributed by atoms with van der Waals surface area (Å²) in [7, 11) is -6.03. The molecule has 5 rings (SSSR count). The van der Waals surface area contributed by atoms with Crippen molar-refractivity contribution in [3.63, 3.8) is 0 Å². The first-order chi connectivity index (χ1) is 20.4. The molecular weight excluding hydrogens is 598 g/mol. The van der Waals surface area contributed by atoms with Gasteiger partial charge in [-0.1, -0.05) is 30.3 Å². The van der Waals surface area contributed by atoms with Crippen LogP contribution in [0.5, 0.6) is 11.5 Å². The highest BCUT2D eigenvalue weighted by molar-refractivity contribution is 7.86. The second-order valence-corrected chi connectivity index (χ2v) is 11.9. The zero-order chi connectivity index (χ0) is 30.9. The van der Waals surface area contributed by atoms with E-state index in [1.54, 1.807) is 30.3 Å². The van der Waals surface area contributed by atoms with Crippen molar-refractivity contribution in [3.8, 4) is 11.5 Å². The fourth-order valence-corrected chi connectivity index (χ4v) is 5.59. The summed E-state index contributed by atoms with van der Waals surface area (Å²) in [4.78, 5) is -0.553. The van der Waals surface area contributed by atoms with Crippen molar-refractivity contribution in [2.75, 3.05) is 20.0 Å². The standard InChI is InChI=1S/C28H23N5O8S2/c1-40-26-15-25(33-31-23-11-12-28(43(37,38)39)19-6-4-3-5-17(19)23)27(41-2)14-24(26)32-30-22-10-9-21(29)20-13-16(42(34,35)36)7-8-18(20)22/h3-15H,29H2,1-2H3,(H,34,35,36)(H,37,38,39). The molecule has 13 nitrogen and oxygen atoms in total. The fourth-order valence-electron chi connectivity index (χ4n) is 4.39. The average molecular weight is 622 g/mol. The molecule has 4 N–H and O–H groups in total. The summed E-state index contributed by atoms with van der Waals surface area (Å²) in [6.07, 6.45) is 0. The minimum absolute atomic E-state index is 0.247. The van der Waals surface area contributed by atoms with Crippen molar-refractivity contribution in [2.45, 2.75) is 9.79 Å². The highest BCUT2D eigenvalue weighted by Gasteiger charge is 2.17. The molecular formula is C28H23N5O8S2. The highest BCUT2D eigenvalue weighted by Crippen LogP contribution is 2.42. The molecule has 0 aliphatic heterocycles. The van der Waals surface area contributed by atoms with Crippen LogP contribution < -0.4 is 15.2 Å². The summed E-state index contributed by atoms with van der Waals surface area (Å²) in [5, 5.41) is 18.8. The molecule has 220 valence electrons. The summed E-state index contributed by atoms with van der Waals surface area (Å²) in [6.45, 7) is 0. The van der Waals surface area contributed by atoms with Gasteiger partial charge in [0.15, 0.2) is 0 Å². The summed E-state index contributed by atoms with van der Waals surface area (Å²) in [5.74, 6) is 0.552. The molecule has 0 spiro atoms. The molecule has 0 amide bonds. The van der Waals surface area contributed by atoms with Crippen molar-refractivity contribution in [3.05, 3.63) is 78.9 Å². The van der Waals surface area contributed by atoms with Gasteiger partial charge in [0.1, 0.15) is 27.8 Å². The van der Waals surface area contributed by atoms with Gasteiger partial charge in [0.05, 0.1) is 30.5 Å². The Labute approximate surface area is 245 Å². The number of fused-ring (bicyclic) bond motifs is 2. The lowest BCUT2D eigenvalue weighted by Crippen LogP contribution is -1.98. The normalized spacial score (nSPS) is 12.5. The number of anilines is 1. The van der Waals surface area contributed by atoms with Crippen LogP contribution in [0, 0.1) is 0 Å². The number of benzene rings is 5. The predicted molar refractivity (Wildman–Crippen MR) is 160 cm³/mol. The first kappa shape index (κ1) is 29.5. The van der Waals surface area contributed by atoms with Gasteiger partial charge in [-0.25, -0.2) is 0 Å².